The number of nitrogens with one attached hydrogen (secondary N) is 1. The maximum Gasteiger partial charge on any atom is 0.314 e. The van der Waals surface area contributed by atoms with Gasteiger partial charge in [0.2, 0.25) is 0 Å². The molecule has 2 fully saturated rings. The van der Waals surface area contributed by atoms with Crippen molar-refractivity contribution < 1.29 is 19.1 Å². The van der Waals surface area contributed by atoms with E-state index in [1.807, 2.05) is 24.3 Å². The van der Waals surface area contributed by atoms with Crippen LogP contribution in [0.2, 0.25) is 0 Å². The molecule has 2 heterocycles. The Morgan fingerprint density at radius 3 is 2.71 bits per heavy atom. The number of carbonyl (C=O) groups is 2. The number of carbonyl (C=O) groups excluding carboxylic acids is 2. The summed E-state index contributed by atoms with van der Waals surface area (Å²) in [5.41, 5.74) is 1.39. The van der Waals surface area contributed by atoms with Crippen molar-refractivity contribution in [2.45, 2.75) is 20.3 Å². The van der Waals surface area contributed by atoms with E-state index in [1.54, 1.807) is 18.1 Å². The van der Waals surface area contributed by atoms with Crippen LogP contribution < -0.4 is 4.74 Å². The number of fused-ring (bicyclic) bond motifs is 1. The van der Waals surface area contributed by atoms with Gasteiger partial charge < -0.3 is 14.4 Å². The smallest absolute Gasteiger partial charge is 0.314 e. The number of nitrogens with zero attached hydrogens (tertiary/aromatic N) is 2. The largest absolute Gasteiger partial charge is 0.497 e. The second-order valence-electron chi connectivity index (χ2n) is 8.45. The first-order chi connectivity index (χ1) is 13.3. The number of hydrogen-bond acceptors (Lipinski definition) is 5. The summed E-state index contributed by atoms with van der Waals surface area (Å²) in [5.74, 6) is 0.479. The van der Waals surface area contributed by atoms with Crippen molar-refractivity contribution in [2.75, 3.05) is 27.3 Å². The van der Waals surface area contributed by atoms with E-state index in [2.05, 4.69) is 24.0 Å². The predicted octanol–water partition coefficient (Wildman–Crippen LogP) is 2.75. The zero-order chi connectivity index (χ0) is 20.1. The molecule has 0 unspecified atom stereocenters. The minimum absolute atomic E-state index is 0.0168. The maximum atomic E-state index is 13.1. The van der Waals surface area contributed by atoms with Gasteiger partial charge in [0.25, 0.3) is 5.91 Å². The second kappa shape index (κ2) is 6.36. The van der Waals surface area contributed by atoms with Gasteiger partial charge in [-0.3, -0.25) is 14.7 Å². The lowest BCUT2D eigenvalue weighted by atomic mass is 9.48. The highest BCUT2D eigenvalue weighted by molar-refractivity contribution is 5.94. The van der Waals surface area contributed by atoms with Crippen molar-refractivity contribution in [2.24, 2.45) is 16.7 Å². The molecule has 28 heavy (non-hydrogen) atoms. The molecule has 1 amide bonds. The summed E-state index contributed by atoms with van der Waals surface area (Å²) in [7, 11) is 3.03. The molecule has 4 rings (SSSR count). The Morgan fingerprint density at radius 1 is 1.25 bits per heavy atom. The van der Waals surface area contributed by atoms with Crippen LogP contribution in [-0.2, 0) is 9.53 Å². The summed E-state index contributed by atoms with van der Waals surface area (Å²) in [6, 6.07) is 9.27. The number of likely N-dealkylation sites (tertiary alicyclic amines) is 1. The summed E-state index contributed by atoms with van der Waals surface area (Å²) >= 11 is 0. The molecule has 1 saturated heterocycles. The number of ether oxygens (including phenoxy) is 2. The SMILES string of the molecule is COC(=O)[C@@]12CN(C(=O)c3cc(-c4cccc(OC)c4)n[nH]3)C[C@@H]1C(C)(C)C2. The molecule has 1 aliphatic heterocycles. The highest BCUT2D eigenvalue weighted by Crippen LogP contribution is 2.63. The van der Waals surface area contributed by atoms with Crippen molar-refractivity contribution in [3.63, 3.8) is 0 Å². The lowest BCUT2D eigenvalue weighted by Crippen LogP contribution is -2.57. The molecule has 1 aromatic carbocycles. The number of aromatic nitrogens is 2. The van der Waals surface area contributed by atoms with Crippen LogP contribution in [0.15, 0.2) is 30.3 Å². The molecule has 1 saturated carbocycles. The van der Waals surface area contributed by atoms with Gasteiger partial charge in [-0.15, -0.1) is 0 Å². The van der Waals surface area contributed by atoms with Gasteiger partial charge in [-0.1, -0.05) is 26.0 Å². The van der Waals surface area contributed by atoms with Gasteiger partial charge in [0.05, 0.1) is 25.3 Å². The van der Waals surface area contributed by atoms with Crippen molar-refractivity contribution in [3.8, 4) is 17.0 Å². The van der Waals surface area contributed by atoms with E-state index in [-0.39, 0.29) is 23.2 Å². The molecular formula is C21H25N3O4. The van der Waals surface area contributed by atoms with Gasteiger partial charge in [0.15, 0.2) is 0 Å². The average Bonchev–Trinajstić information content (AvgIpc) is 3.31. The second-order valence-corrected chi connectivity index (χ2v) is 8.45. The third kappa shape index (κ3) is 2.68. The van der Waals surface area contributed by atoms with E-state index >= 15 is 0 Å². The van der Waals surface area contributed by atoms with Crippen molar-refractivity contribution >= 4 is 11.9 Å². The Bertz CT molecular complexity index is 935. The highest BCUT2D eigenvalue weighted by Gasteiger charge is 2.68. The molecule has 1 aliphatic carbocycles. The Balaban J connectivity index is 1.56. The molecule has 0 bridgehead atoms. The fraction of sp³-hybridized carbons (Fsp3) is 0.476. The van der Waals surface area contributed by atoms with Gasteiger partial charge in [-0.2, -0.15) is 5.10 Å². The summed E-state index contributed by atoms with van der Waals surface area (Å²) in [6.07, 6.45) is 0.735. The minimum Gasteiger partial charge on any atom is -0.497 e. The zero-order valence-electron chi connectivity index (χ0n) is 16.6. The van der Waals surface area contributed by atoms with Crippen molar-refractivity contribution in [1.29, 1.82) is 0 Å². The van der Waals surface area contributed by atoms with Crippen LogP contribution in [0, 0.1) is 16.7 Å². The zero-order valence-corrected chi connectivity index (χ0v) is 16.6. The standard InChI is InChI=1S/C21H25N3O4/c1-20(2)11-21(19(26)28-4)12-24(10-17(20)21)18(25)16-9-15(22-23-16)13-6-5-7-14(8-13)27-3/h5-9,17H,10-12H2,1-4H3,(H,22,23)/t17-,21+/m1/s1. The van der Waals surface area contributed by atoms with Crippen molar-refractivity contribution in [1.82, 2.24) is 15.1 Å². The first kappa shape index (κ1) is 18.5. The number of methoxy groups -OCH3 is 2. The van der Waals surface area contributed by atoms with E-state index in [1.165, 1.54) is 7.11 Å². The Morgan fingerprint density at radius 2 is 2.04 bits per heavy atom. The summed E-state index contributed by atoms with van der Waals surface area (Å²) < 4.78 is 10.3. The third-order valence-corrected chi connectivity index (χ3v) is 6.31. The summed E-state index contributed by atoms with van der Waals surface area (Å²) in [4.78, 5) is 27.3. The topological polar surface area (TPSA) is 84.5 Å². The summed E-state index contributed by atoms with van der Waals surface area (Å²) in [5, 5.41) is 7.13. The molecular weight excluding hydrogens is 358 g/mol. The molecule has 2 aromatic rings. The predicted molar refractivity (Wildman–Crippen MR) is 103 cm³/mol. The molecule has 1 aromatic heterocycles. The van der Waals surface area contributed by atoms with Crippen LogP contribution in [0.4, 0.5) is 0 Å². The molecule has 148 valence electrons. The fourth-order valence-electron chi connectivity index (χ4n) is 5.06. The number of H-pyrrole nitrogens is 1. The van der Waals surface area contributed by atoms with Crippen LogP contribution >= 0.6 is 0 Å². The van der Waals surface area contributed by atoms with Gasteiger partial charge in [0, 0.05) is 18.7 Å². The maximum absolute atomic E-state index is 13.1. The number of esters is 1. The lowest BCUT2D eigenvalue weighted by molar-refractivity contribution is -0.174. The van der Waals surface area contributed by atoms with E-state index in [0.717, 1.165) is 17.7 Å². The molecule has 1 N–H and O–H groups in total. The van der Waals surface area contributed by atoms with E-state index in [9.17, 15) is 9.59 Å². The normalized spacial score (nSPS) is 25.0. The molecule has 7 heteroatoms. The van der Waals surface area contributed by atoms with Gasteiger partial charge >= 0.3 is 5.97 Å². The fourth-order valence-corrected chi connectivity index (χ4v) is 5.06. The van der Waals surface area contributed by atoms with Crippen molar-refractivity contribution in [3.05, 3.63) is 36.0 Å². The van der Waals surface area contributed by atoms with Crippen LogP contribution in [0.1, 0.15) is 30.8 Å². The van der Waals surface area contributed by atoms with Gasteiger partial charge in [0.1, 0.15) is 11.4 Å². The summed E-state index contributed by atoms with van der Waals surface area (Å²) in [6.45, 7) is 5.22. The molecule has 0 spiro atoms. The highest BCUT2D eigenvalue weighted by atomic mass is 16.5. The molecule has 2 atom stereocenters. The first-order valence-electron chi connectivity index (χ1n) is 9.38. The Hall–Kier alpha value is -2.83. The minimum atomic E-state index is -0.580. The monoisotopic (exact) mass is 383 g/mol. The quantitative estimate of drug-likeness (QED) is 0.821. The molecule has 7 nitrogen and oxygen atoms in total. The van der Waals surface area contributed by atoms with Crippen LogP contribution in [0.25, 0.3) is 11.3 Å². The van der Waals surface area contributed by atoms with Crippen LogP contribution in [-0.4, -0.2) is 54.3 Å². The average molecular weight is 383 g/mol. The first-order valence-corrected chi connectivity index (χ1v) is 9.38. The van der Waals surface area contributed by atoms with Crippen LogP contribution in [0.5, 0.6) is 5.75 Å². The lowest BCUT2D eigenvalue weighted by Gasteiger charge is -2.54. The number of benzene rings is 1. The van der Waals surface area contributed by atoms with Gasteiger partial charge in [-0.25, -0.2) is 0 Å². The number of rotatable bonds is 4. The Labute approximate surface area is 164 Å². The number of amides is 1. The van der Waals surface area contributed by atoms with E-state index in [0.29, 0.717) is 24.5 Å². The van der Waals surface area contributed by atoms with Crippen LogP contribution in [0.3, 0.4) is 0 Å². The number of aromatic amines is 1. The number of hydrogen-bond donors (Lipinski definition) is 1. The van der Waals surface area contributed by atoms with Gasteiger partial charge in [-0.05, 0) is 36.0 Å². The third-order valence-electron chi connectivity index (χ3n) is 6.31. The van der Waals surface area contributed by atoms with E-state index in [4.69, 9.17) is 9.47 Å². The Kier molecular flexibility index (Phi) is 4.21. The molecule has 2 aliphatic rings. The van der Waals surface area contributed by atoms with E-state index < -0.39 is 5.41 Å². The molecule has 0 radical (unpaired) electrons.